The van der Waals surface area contributed by atoms with Crippen LogP contribution < -0.4 is 4.74 Å². The van der Waals surface area contributed by atoms with Crippen LogP contribution in [0.4, 0.5) is 4.79 Å². The van der Waals surface area contributed by atoms with Crippen LogP contribution in [0.3, 0.4) is 0 Å². The summed E-state index contributed by atoms with van der Waals surface area (Å²) in [6.45, 7) is 0.185. The Labute approximate surface area is 157 Å². The minimum atomic E-state index is -0.811. The Morgan fingerprint density at radius 3 is 2.58 bits per heavy atom. The molecule has 3 rings (SSSR count). The fourth-order valence-corrected chi connectivity index (χ4v) is 3.51. The average Bonchev–Trinajstić information content (AvgIpc) is 2.85. The normalized spacial score (nSPS) is 17.8. The van der Waals surface area contributed by atoms with E-state index in [0.717, 1.165) is 29.1 Å². The molecule has 6 nitrogen and oxygen atoms in total. The second kappa shape index (κ2) is 7.91. The van der Waals surface area contributed by atoms with E-state index >= 15 is 0 Å². The van der Waals surface area contributed by atoms with Gasteiger partial charge in [-0.05, 0) is 50.3 Å². The van der Waals surface area contributed by atoms with Crippen molar-refractivity contribution in [1.82, 2.24) is 9.80 Å². The van der Waals surface area contributed by atoms with E-state index in [1.165, 1.54) is 19.1 Å². The number of nitrogens with zero attached hydrogens (tertiary/aromatic N) is 2. The topological polar surface area (TPSA) is 66.9 Å². The minimum absolute atomic E-state index is 0.0493. The standard InChI is InChI=1S/C19H21ClN2O4/c1-26-16-8-7-15(20)11-14(16)12-22-18(24)17(23)21(19(22)25)10-9-13-5-3-2-4-6-13/h5,7-8,11H,2-4,6,9-10,12H2,1H3. The van der Waals surface area contributed by atoms with E-state index in [-0.39, 0.29) is 13.1 Å². The zero-order valence-electron chi connectivity index (χ0n) is 14.7. The Kier molecular flexibility index (Phi) is 5.61. The quantitative estimate of drug-likeness (QED) is 0.432. The molecule has 1 aliphatic heterocycles. The maximum atomic E-state index is 12.6. The van der Waals surface area contributed by atoms with Gasteiger partial charge >= 0.3 is 17.8 Å². The third-order valence-corrected chi connectivity index (χ3v) is 4.98. The fraction of sp³-hybridized carbons (Fsp3) is 0.421. The van der Waals surface area contributed by atoms with Crippen LogP contribution in [0, 0.1) is 0 Å². The molecule has 1 aromatic carbocycles. The predicted octanol–water partition coefficient (Wildman–Crippen LogP) is 3.53. The van der Waals surface area contributed by atoms with Crippen LogP contribution in [-0.2, 0) is 16.1 Å². The second-order valence-electron chi connectivity index (χ2n) is 6.44. The van der Waals surface area contributed by atoms with Crippen LogP contribution in [0.15, 0.2) is 29.8 Å². The highest BCUT2D eigenvalue weighted by molar-refractivity contribution is 6.44. The summed E-state index contributed by atoms with van der Waals surface area (Å²) < 4.78 is 5.25. The van der Waals surface area contributed by atoms with Gasteiger partial charge < -0.3 is 4.74 Å². The number of amides is 4. The highest BCUT2D eigenvalue weighted by Crippen LogP contribution is 2.27. The van der Waals surface area contributed by atoms with Crippen molar-refractivity contribution in [3.63, 3.8) is 0 Å². The van der Waals surface area contributed by atoms with Gasteiger partial charge in [0.05, 0.1) is 13.7 Å². The first-order valence-electron chi connectivity index (χ1n) is 8.69. The summed E-state index contributed by atoms with van der Waals surface area (Å²) in [6, 6.07) is 4.37. The van der Waals surface area contributed by atoms with Crippen LogP contribution in [0.2, 0.25) is 5.02 Å². The molecule has 0 bridgehead atoms. The van der Waals surface area contributed by atoms with E-state index < -0.39 is 17.8 Å². The maximum absolute atomic E-state index is 12.6. The third-order valence-electron chi connectivity index (χ3n) is 4.75. The number of urea groups is 1. The maximum Gasteiger partial charge on any atom is 0.334 e. The van der Waals surface area contributed by atoms with Crippen LogP contribution in [0.5, 0.6) is 5.75 Å². The van der Waals surface area contributed by atoms with Gasteiger partial charge in [-0.2, -0.15) is 0 Å². The third kappa shape index (κ3) is 3.75. The van der Waals surface area contributed by atoms with Gasteiger partial charge in [-0.25, -0.2) is 4.79 Å². The molecule has 1 aliphatic carbocycles. The number of carbonyl (C=O) groups excluding carboxylic acids is 3. The fourth-order valence-electron chi connectivity index (χ4n) is 3.32. The van der Waals surface area contributed by atoms with Crippen molar-refractivity contribution in [2.45, 2.75) is 38.6 Å². The summed E-state index contributed by atoms with van der Waals surface area (Å²) >= 11 is 6.00. The summed E-state index contributed by atoms with van der Waals surface area (Å²) in [5.41, 5.74) is 1.82. The van der Waals surface area contributed by atoms with Crippen LogP contribution >= 0.6 is 11.6 Å². The number of halogens is 1. The zero-order chi connectivity index (χ0) is 18.7. The number of methoxy groups -OCH3 is 1. The first-order chi connectivity index (χ1) is 12.5. The molecule has 1 fully saturated rings. The summed E-state index contributed by atoms with van der Waals surface area (Å²) in [7, 11) is 1.50. The number of hydrogen-bond donors (Lipinski definition) is 0. The summed E-state index contributed by atoms with van der Waals surface area (Å²) in [5.74, 6) is -1.07. The molecule has 7 heteroatoms. The molecule has 0 atom stereocenters. The lowest BCUT2D eigenvalue weighted by molar-refractivity contribution is -0.143. The number of ether oxygens (including phenoxy) is 1. The molecule has 26 heavy (non-hydrogen) atoms. The Morgan fingerprint density at radius 1 is 1.12 bits per heavy atom. The van der Waals surface area contributed by atoms with E-state index in [4.69, 9.17) is 16.3 Å². The van der Waals surface area contributed by atoms with Crippen molar-refractivity contribution >= 4 is 29.4 Å². The first kappa shape index (κ1) is 18.5. The van der Waals surface area contributed by atoms with E-state index in [0.29, 0.717) is 22.8 Å². The lowest BCUT2D eigenvalue weighted by Crippen LogP contribution is -2.34. The molecule has 1 heterocycles. The average molecular weight is 377 g/mol. The number of carbonyl (C=O) groups is 3. The number of hydrogen-bond acceptors (Lipinski definition) is 4. The van der Waals surface area contributed by atoms with Gasteiger partial charge in [0.2, 0.25) is 0 Å². The minimum Gasteiger partial charge on any atom is -0.496 e. The Bertz CT molecular complexity index is 775. The number of rotatable bonds is 6. The largest absolute Gasteiger partial charge is 0.496 e. The predicted molar refractivity (Wildman–Crippen MR) is 96.8 cm³/mol. The number of allylic oxidation sites excluding steroid dienone is 1. The first-order valence-corrected chi connectivity index (χ1v) is 9.06. The van der Waals surface area contributed by atoms with E-state index in [1.807, 2.05) is 0 Å². The molecule has 0 radical (unpaired) electrons. The Morgan fingerprint density at radius 2 is 1.88 bits per heavy atom. The summed E-state index contributed by atoms with van der Waals surface area (Å²) in [4.78, 5) is 39.1. The van der Waals surface area contributed by atoms with Crippen molar-refractivity contribution in [2.24, 2.45) is 0 Å². The van der Waals surface area contributed by atoms with Crippen molar-refractivity contribution < 1.29 is 19.1 Å². The van der Waals surface area contributed by atoms with Gasteiger partial charge in [-0.3, -0.25) is 19.4 Å². The second-order valence-corrected chi connectivity index (χ2v) is 6.88. The molecule has 0 saturated carbocycles. The summed E-state index contributed by atoms with van der Waals surface area (Å²) in [6.07, 6.45) is 7.14. The molecule has 1 aromatic rings. The van der Waals surface area contributed by atoms with Crippen LogP contribution in [0.25, 0.3) is 0 Å². The van der Waals surface area contributed by atoms with Gasteiger partial charge in [0.25, 0.3) is 0 Å². The molecule has 138 valence electrons. The molecular weight excluding hydrogens is 356 g/mol. The van der Waals surface area contributed by atoms with Gasteiger partial charge in [0, 0.05) is 17.1 Å². The zero-order valence-corrected chi connectivity index (χ0v) is 15.4. The molecule has 2 aliphatic rings. The monoisotopic (exact) mass is 376 g/mol. The van der Waals surface area contributed by atoms with E-state index in [1.54, 1.807) is 18.2 Å². The molecular formula is C19H21ClN2O4. The van der Waals surface area contributed by atoms with Crippen molar-refractivity contribution in [1.29, 1.82) is 0 Å². The van der Waals surface area contributed by atoms with Crippen LogP contribution in [0.1, 0.15) is 37.7 Å². The summed E-state index contributed by atoms with van der Waals surface area (Å²) in [5, 5.41) is 0.465. The van der Waals surface area contributed by atoms with Crippen molar-refractivity contribution in [2.75, 3.05) is 13.7 Å². The lowest BCUT2D eigenvalue weighted by atomic mass is 9.97. The molecule has 0 aromatic heterocycles. The van der Waals surface area contributed by atoms with Crippen molar-refractivity contribution in [3.05, 3.63) is 40.4 Å². The van der Waals surface area contributed by atoms with E-state index in [9.17, 15) is 14.4 Å². The van der Waals surface area contributed by atoms with Gasteiger partial charge in [-0.15, -0.1) is 0 Å². The van der Waals surface area contributed by atoms with Gasteiger partial charge in [0.15, 0.2) is 0 Å². The van der Waals surface area contributed by atoms with E-state index in [2.05, 4.69) is 6.08 Å². The Balaban J connectivity index is 1.72. The molecule has 1 saturated heterocycles. The molecule has 0 unspecified atom stereocenters. The molecule has 0 N–H and O–H groups in total. The van der Waals surface area contributed by atoms with Crippen molar-refractivity contribution in [3.8, 4) is 5.75 Å². The Hall–Kier alpha value is -2.34. The molecule has 4 amide bonds. The number of benzene rings is 1. The highest BCUT2D eigenvalue weighted by Gasteiger charge is 2.44. The van der Waals surface area contributed by atoms with Crippen LogP contribution in [-0.4, -0.2) is 41.3 Å². The highest BCUT2D eigenvalue weighted by atomic mass is 35.5. The SMILES string of the molecule is COc1ccc(Cl)cc1CN1C(=O)C(=O)N(CCC2=CCCCC2)C1=O. The van der Waals surface area contributed by atoms with Gasteiger partial charge in [0.1, 0.15) is 5.75 Å². The lowest BCUT2D eigenvalue weighted by Gasteiger charge is -2.18. The number of imide groups is 2. The smallest absolute Gasteiger partial charge is 0.334 e. The van der Waals surface area contributed by atoms with Gasteiger partial charge in [-0.1, -0.05) is 23.3 Å². The molecule has 0 spiro atoms.